The highest BCUT2D eigenvalue weighted by Gasteiger charge is 2.38. The predicted molar refractivity (Wildman–Crippen MR) is 166 cm³/mol. The number of rotatable bonds is 2. The maximum atomic E-state index is 5.25. The molecule has 0 saturated carbocycles. The van der Waals surface area contributed by atoms with Crippen LogP contribution in [-0.4, -0.2) is 9.97 Å². The number of benzene rings is 4. The minimum atomic E-state index is -0.126. The van der Waals surface area contributed by atoms with E-state index in [1.807, 2.05) is 0 Å². The average molecular weight is 515 g/mol. The lowest BCUT2D eigenvalue weighted by atomic mass is 9.81. The summed E-state index contributed by atoms with van der Waals surface area (Å²) in [5.74, 6) is 0. The van der Waals surface area contributed by atoms with Crippen LogP contribution in [0.4, 0.5) is 0 Å². The van der Waals surface area contributed by atoms with Crippen molar-refractivity contribution in [3.8, 4) is 44.9 Å². The Hall–Kier alpha value is -4.56. The third kappa shape index (κ3) is 3.17. The first kappa shape index (κ1) is 23.3. The Morgan fingerprint density at radius 2 is 1.05 bits per heavy atom. The molecule has 0 bridgehead atoms. The van der Waals surface area contributed by atoms with Gasteiger partial charge in [-0.1, -0.05) is 107 Å². The highest BCUT2D eigenvalue weighted by atomic mass is 14.7. The van der Waals surface area contributed by atoms with Gasteiger partial charge in [0.05, 0.1) is 22.6 Å². The Balaban J connectivity index is 1.21. The van der Waals surface area contributed by atoms with Crippen molar-refractivity contribution in [1.29, 1.82) is 0 Å². The first-order valence-electron chi connectivity index (χ1n) is 14.1. The second-order valence-corrected chi connectivity index (χ2v) is 12.3. The number of fused-ring (bicyclic) bond motifs is 7. The van der Waals surface area contributed by atoms with E-state index in [9.17, 15) is 0 Å². The van der Waals surface area contributed by atoms with Crippen molar-refractivity contribution in [1.82, 2.24) is 9.97 Å². The molecule has 0 fully saturated rings. The molecule has 0 spiro atoms. The van der Waals surface area contributed by atoms with Gasteiger partial charge in [0.2, 0.25) is 0 Å². The second kappa shape index (κ2) is 7.99. The van der Waals surface area contributed by atoms with Crippen LogP contribution in [0, 0.1) is 0 Å². The van der Waals surface area contributed by atoms with E-state index >= 15 is 0 Å². The number of aromatic nitrogens is 2. The van der Waals surface area contributed by atoms with Gasteiger partial charge in [-0.3, -0.25) is 0 Å². The van der Waals surface area contributed by atoms with Crippen LogP contribution >= 0.6 is 0 Å². The van der Waals surface area contributed by atoms with Gasteiger partial charge < -0.3 is 0 Å². The zero-order valence-corrected chi connectivity index (χ0v) is 23.3. The lowest BCUT2D eigenvalue weighted by Gasteiger charge is -2.23. The Kier molecular flexibility index (Phi) is 4.66. The molecule has 2 heteroatoms. The topological polar surface area (TPSA) is 25.8 Å². The summed E-state index contributed by atoms with van der Waals surface area (Å²) in [6, 6.07) is 39.5. The van der Waals surface area contributed by atoms with Crippen molar-refractivity contribution in [2.75, 3.05) is 0 Å². The second-order valence-electron chi connectivity index (χ2n) is 12.3. The summed E-state index contributed by atoms with van der Waals surface area (Å²) in [5, 5.41) is 1.17. The van der Waals surface area contributed by atoms with E-state index in [0.29, 0.717) is 0 Å². The van der Waals surface area contributed by atoms with Crippen LogP contribution in [0.25, 0.3) is 55.8 Å². The average Bonchev–Trinajstić information content (AvgIpc) is 3.35. The van der Waals surface area contributed by atoms with E-state index in [2.05, 4.69) is 137 Å². The van der Waals surface area contributed by atoms with Crippen LogP contribution in [0.2, 0.25) is 0 Å². The molecule has 0 unspecified atom stereocenters. The molecule has 2 nitrogen and oxygen atoms in total. The minimum absolute atomic E-state index is 0.0311. The third-order valence-corrected chi connectivity index (χ3v) is 9.29. The Bertz CT molecular complexity index is 2010. The molecular weight excluding hydrogens is 484 g/mol. The molecule has 0 atom stereocenters. The maximum absolute atomic E-state index is 5.25. The zero-order valence-electron chi connectivity index (χ0n) is 23.3. The zero-order chi connectivity index (χ0) is 27.2. The fraction of sp³-hybridized carbons (Fsp3) is 0.158. The van der Waals surface area contributed by atoms with Crippen molar-refractivity contribution in [3.63, 3.8) is 0 Å². The van der Waals surface area contributed by atoms with Crippen molar-refractivity contribution in [2.45, 2.75) is 38.5 Å². The Morgan fingerprint density at radius 1 is 0.450 bits per heavy atom. The maximum Gasteiger partial charge on any atom is 0.0753 e. The molecule has 40 heavy (non-hydrogen) atoms. The van der Waals surface area contributed by atoms with Crippen molar-refractivity contribution in [2.24, 2.45) is 0 Å². The van der Waals surface area contributed by atoms with E-state index in [1.54, 1.807) is 0 Å². The highest BCUT2D eigenvalue weighted by molar-refractivity contribution is 5.87. The minimum Gasteiger partial charge on any atom is -0.248 e. The summed E-state index contributed by atoms with van der Waals surface area (Å²) in [6.07, 6.45) is 0. The monoisotopic (exact) mass is 514 g/mol. The molecule has 0 radical (unpaired) electrons. The number of hydrogen-bond acceptors (Lipinski definition) is 2. The summed E-state index contributed by atoms with van der Waals surface area (Å²) in [4.78, 5) is 10.2. The van der Waals surface area contributed by atoms with Crippen LogP contribution in [0.1, 0.15) is 49.9 Å². The summed E-state index contributed by atoms with van der Waals surface area (Å²) in [7, 11) is 0. The Morgan fingerprint density at radius 3 is 1.80 bits per heavy atom. The van der Waals surface area contributed by atoms with Gasteiger partial charge in [-0.15, -0.1) is 0 Å². The molecule has 2 aliphatic rings. The lowest BCUT2D eigenvalue weighted by Crippen LogP contribution is -2.15. The van der Waals surface area contributed by atoms with E-state index in [0.717, 1.165) is 28.2 Å². The fourth-order valence-electron chi connectivity index (χ4n) is 6.99. The number of hydrogen-bond donors (Lipinski definition) is 0. The molecule has 0 amide bonds. The first-order chi connectivity index (χ1) is 19.3. The fourth-order valence-corrected chi connectivity index (χ4v) is 6.99. The van der Waals surface area contributed by atoms with E-state index in [4.69, 9.17) is 9.97 Å². The molecule has 0 N–H and O–H groups in total. The number of para-hydroxylation sites is 1. The molecule has 2 heterocycles. The number of pyridine rings is 2. The molecule has 8 rings (SSSR count). The lowest BCUT2D eigenvalue weighted by molar-refractivity contribution is 0.659. The highest BCUT2D eigenvalue weighted by Crippen LogP contribution is 2.51. The summed E-state index contributed by atoms with van der Waals surface area (Å²) in [6.45, 7) is 9.29. The van der Waals surface area contributed by atoms with Gasteiger partial charge in [0.15, 0.2) is 0 Å². The largest absolute Gasteiger partial charge is 0.248 e. The first-order valence-corrected chi connectivity index (χ1v) is 14.1. The van der Waals surface area contributed by atoms with Gasteiger partial charge >= 0.3 is 0 Å². The summed E-state index contributed by atoms with van der Waals surface area (Å²) in [5.41, 5.74) is 15.6. The number of nitrogens with zero attached hydrogens (tertiary/aromatic N) is 2. The molecule has 0 saturated heterocycles. The van der Waals surface area contributed by atoms with Crippen molar-refractivity contribution >= 4 is 10.9 Å². The van der Waals surface area contributed by atoms with Gasteiger partial charge in [-0.25, -0.2) is 9.97 Å². The van der Waals surface area contributed by atoms with E-state index in [-0.39, 0.29) is 10.8 Å². The van der Waals surface area contributed by atoms with Crippen LogP contribution in [0.15, 0.2) is 109 Å². The molecule has 4 aromatic carbocycles. The standard InChI is InChI=1S/C38H30N2/c1-37(2)29-11-7-6-10-28(29)36-30(37)18-20-35(40-36)25-14-17-27-26-16-13-24(21-31(26)38(3,4)32(27)22-25)34-19-15-23-9-5-8-12-33(23)39-34/h5-22H,1-4H3. The van der Waals surface area contributed by atoms with Gasteiger partial charge in [-0.2, -0.15) is 0 Å². The van der Waals surface area contributed by atoms with Crippen molar-refractivity contribution in [3.05, 3.63) is 131 Å². The molecular formula is C38H30N2. The van der Waals surface area contributed by atoms with E-state index in [1.165, 1.54) is 49.9 Å². The third-order valence-electron chi connectivity index (χ3n) is 9.29. The normalized spacial score (nSPS) is 15.4. The SMILES string of the molecule is CC1(C)c2cc(-c3ccc4c(n3)-c3ccccc3C4(C)C)ccc2-c2ccc(-c3ccc4ccccc4n3)cc21. The smallest absolute Gasteiger partial charge is 0.0753 e. The summed E-state index contributed by atoms with van der Waals surface area (Å²) >= 11 is 0. The van der Waals surface area contributed by atoms with Crippen LogP contribution in [0.3, 0.4) is 0 Å². The molecule has 192 valence electrons. The molecule has 2 aromatic heterocycles. The van der Waals surface area contributed by atoms with Gasteiger partial charge in [0.25, 0.3) is 0 Å². The van der Waals surface area contributed by atoms with E-state index < -0.39 is 0 Å². The van der Waals surface area contributed by atoms with Crippen LogP contribution in [-0.2, 0) is 10.8 Å². The van der Waals surface area contributed by atoms with Gasteiger partial charge in [0.1, 0.15) is 0 Å². The van der Waals surface area contributed by atoms with Gasteiger partial charge in [0, 0.05) is 32.9 Å². The summed E-state index contributed by atoms with van der Waals surface area (Å²) < 4.78 is 0. The van der Waals surface area contributed by atoms with Crippen LogP contribution in [0.5, 0.6) is 0 Å². The van der Waals surface area contributed by atoms with Crippen LogP contribution < -0.4 is 0 Å². The molecule has 2 aliphatic carbocycles. The molecule has 0 aliphatic heterocycles. The van der Waals surface area contributed by atoms with Crippen molar-refractivity contribution < 1.29 is 0 Å². The van der Waals surface area contributed by atoms with Gasteiger partial charge in [-0.05, 0) is 63.7 Å². The Labute approximate surface area is 235 Å². The quantitative estimate of drug-likeness (QED) is 0.230. The predicted octanol–water partition coefficient (Wildman–Crippen LogP) is 9.58. The molecule has 6 aromatic rings.